The lowest BCUT2D eigenvalue weighted by Crippen LogP contribution is -2.41. The molecule has 244 valence electrons. The summed E-state index contributed by atoms with van der Waals surface area (Å²) in [6.45, 7) is 8.18. The van der Waals surface area contributed by atoms with Crippen molar-refractivity contribution in [2.45, 2.75) is 53.4 Å². The Labute approximate surface area is 289 Å². The second kappa shape index (κ2) is 10.8. The Morgan fingerprint density at radius 2 is 0.700 bits per heavy atom. The number of hydrogen-bond donors (Lipinski definition) is 0. The summed E-state index contributed by atoms with van der Waals surface area (Å²) < 4.78 is 0. The van der Waals surface area contributed by atoms with Crippen LogP contribution in [0.15, 0.2) is 84.9 Å². The number of nitrogens with zero attached hydrogens (tertiary/aromatic N) is 2. The largest absolute Gasteiger partial charge is 0.268 e. The summed E-state index contributed by atoms with van der Waals surface area (Å²) in [5, 5.41) is 6.48. The summed E-state index contributed by atoms with van der Waals surface area (Å²) in [6, 6.07) is 27.2. The van der Waals surface area contributed by atoms with Gasteiger partial charge in [0.2, 0.25) is 0 Å². The van der Waals surface area contributed by atoms with Gasteiger partial charge in [-0.15, -0.1) is 0 Å². The molecule has 7 aromatic rings. The van der Waals surface area contributed by atoms with Crippen molar-refractivity contribution in [1.82, 2.24) is 0 Å². The van der Waals surface area contributed by atoms with Crippen molar-refractivity contribution in [2.75, 3.05) is 9.80 Å². The second-order valence-electron chi connectivity index (χ2n) is 13.4. The van der Waals surface area contributed by atoms with E-state index in [1.165, 1.54) is 9.80 Å². The van der Waals surface area contributed by atoms with E-state index in [2.05, 4.69) is 26.0 Å². The number of amides is 4. The molecule has 0 spiro atoms. The summed E-state index contributed by atoms with van der Waals surface area (Å²) in [4.78, 5) is 60.0. The Morgan fingerprint density at radius 1 is 0.380 bits per heavy atom. The summed E-state index contributed by atoms with van der Waals surface area (Å²) in [5.74, 6) is -1.33. The fourth-order valence-electron chi connectivity index (χ4n) is 8.38. The van der Waals surface area contributed by atoms with Gasteiger partial charge in [0.1, 0.15) is 0 Å². The summed E-state index contributed by atoms with van der Waals surface area (Å²) in [5.41, 5.74) is 7.23. The van der Waals surface area contributed by atoms with Gasteiger partial charge in [-0.1, -0.05) is 76.2 Å². The molecule has 7 aromatic carbocycles. The third-order valence-corrected chi connectivity index (χ3v) is 11.0. The average molecular weight is 655 g/mol. The lowest BCUT2D eigenvalue weighted by Gasteiger charge is -2.31. The van der Waals surface area contributed by atoms with Crippen LogP contribution in [0.1, 0.15) is 91.4 Å². The number of carbonyl (C=O) groups is 4. The van der Waals surface area contributed by atoms with E-state index in [9.17, 15) is 19.2 Å². The van der Waals surface area contributed by atoms with Gasteiger partial charge in [-0.2, -0.15) is 0 Å². The van der Waals surface area contributed by atoms with Gasteiger partial charge >= 0.3 is 0 Å². The normalized spacial score (nSPS) is 14.4. The van der Waals surface area contributed by atoms with E-state index < -0.39 is 0 Å². The monoisotopic (exact) mass is 654 g/mol. The summed E-state index contributed by atoms with van der Waals surface area (Å²) in [7, 11) is 0. The van der Waals surface area contributed by atoms with Crippen molar-refractivity contribution in [3.63, 3.8) is 0 Å². The predicted octanol–water partition coefficient (Wildman–Crippen LogP) is 9.59. The standard InChI is InChI=1S/C44H34N2O4/c1-5-23-9-11-25(7-3)35(21-23)45-41(47)31-17-13-27-29-15-19-33-40-34(44(50)46(43(33)49)36-22-24(6-2)10-12-26(36)8-4)20-16-30(38(29)40)28-14-18-32(42(45)48)39(31)37(27)28/h9-22H,5-8H2,1-4H3. The maximum absolute atomic E-state index is 14.3. The highest BCUT2D eigenvalue weighted by Crippen LogP contribution is 2.47. The van der Waals surface area contributed by atoms with E-state index >= 15 is 0 Å². The first-order valence-corrected chi connectivity index (χ1v) is 17.5. The Morgan fingerprint density at radius 3 is 0.980 bits per heavy atom. The number of carbonyl (C=O) groups excluding carboxylic acids is 4. The van der Waals surface area contributed by atoms with Crippen molar-refractivity contribution < 1.29 is 19.2 Å². The van der Waals surface area contributed by atoms with Crippen molar-refractivity contribution in [2.24, 2.45) is 0 Å². The zero-order valence-corrected chi connectivity index (χ0v) is 28.4. The second-order valence-corrected chi connectivity index (χ2v) is 13.4. The van der Waals surface area contributed by atoms with Crippen LogP contribution in [0.2, 0.25) is 0 Å². The molecule has 0 saturated carbocycles. The van der Waals surface area contributed by atoms with Crippen molar-refractivity contribution >= 4 is 78.1 Å². The van der Waals surface area contributed by atoms with Crippen LogP contribution in [0, 0.1) is 0 Å². The van der Waals surface area contributed by atoms with Gasteiger partial charge in [0.05, 0.1) is 11.4 Å². The Kier molecular flexibility index (Phi) is 6.53. The molecular formula is C44H34N2O4. The van der Waals surface area contributed by atoms with Crippen LogP contribution in [0.25, 0.3) is 43.1 Å². The molecule has 0 radical (unpaired) electrons. The van der Waals surface area contributed by atoms with Gasteiger partial charge in [0, 0.05) is 33.0 Å². The fraction of sp³-hybridized carbons (Fsp3) is 0.182. The van der Waals surface area contributed by atoms with Gasteiger partial charge in [-0.25, -0.2) is 9.80 Å². The van der Waals surface area contributed by atoms with Gasteiger partial charge < -0.3 is 0 Å². The predicted molar refractivity (Wildman–Crippen MR) is 200 cm³/mol. The molecule has 2 aliphatic heterocycles. The highest BCUT2D eigenvalue weighted by atomic mass is 16.2. The first-order valence-electron chi connectivity index (χ1n) is 17.5. The van der Waals surface area contributed by atoms with Gasteiger partial charge in [0.15, 0.2) is 0 Å². The minimum Gasteiger partial charge on any atom is -0.268 e. The third-order valence-electron chi connectivity index (χ3n) is 11.0. The molecule has 6 heteroatoms. The van der Waals surface area contributed by atoms with Crippen LogP contribution in [-0.2, 0) is 25.7 Å². The van der Waals surface area contributed by atoms with Gasteiger partial charge in [-0.3, -0.25) is 19.2 Å². The maximum atomic E-state index is 14.3. The van der Waals surface area contributed by atoms with Crippen molar-refractivity contribution in [3.8, 4) is 0 Å². The van der Waals surface area contributed by atoms with Gasteiger partial charge in [-0.05, 0) is 117 Å². The molecule has 6 nitrogen and oxygen atoms in total. The molecule has 0 aliphatic carbocycles. The lowest BCUT2D eigenvalue weighted by molar-refractivity contribution is 0.0877. The van der Waals surface area contributed by atoms with E-state index in [-0.39, 0.29) is 23.6 Å². The highest BCUT2D eigenvalue weighted by Gasteiger charge is 2.39. The van der Waals surface area contributed by atoms with E-state index in [0.29, 0.717) is 57.2 Å². The minimum atomic E-state index is -0.333. The Balaban J connectivity index is 1.28. The van der Waals surface area contributed by atoms with Crippen LogP contribution in [0.4, 0.5) is 11.4 Å². The number of benzene rings is 7. The Hall–Kier alpha value is -5.88. The average Bonchev–Trinajstić information content (AvgIpc) is 3.15. The molecule has 0 unspecified atom stereocenters. The zero-order chi connectivity index (χ0) is 34.6. The molecule has 0 N–H and O–H groups in total. The highest BCUT2D eigenvalue weighted by molar-refractivity contribution is 6.45. The third kappa shape index (κ3) is 3.84. The summed E-state index contributed by atoms with van der Waals surface area (Å²) >= 11 is 0. The fourth-order valence-corrected chi connectivity index (χ4v) is 8.38. The number of imide groups is 2. The van der Waals surface area contributed by atoms with Crippen LogP contribution in [-0.4, -0.2) is 23.6 Å². The maximum Gasteiger partial charge on any atom is 0.265 e. The molecule has 2 aliphatic rings. The molecule has 0 saturated heterocycles. The summed E-state index contributed by atoms with van der Waals surface area (Å²) in [6.07, 6.45) is 2.97. The topological polar surface area (TPSA) is 74.8 Å². The van der Waals surface area contributed by atoms with E-state index in [0.717, 1.165) is 67.4 Å². The van der Waals surface area contributed by atoms with E-state index in [1.807, 2.05) is 86.6 Å². The first-order chi connectivity index (χ1) is 24.3. The quantitative estimate of drug-likeness (QED) is 0.102. The van der Waals surface area contributed by atoms with Crippen LogP contribution in [0.3, 0.4) is 0 Å². The Bertz CT molecular complexity index is 2380. The lowest BCUT2D eigenvalue weighted by atomic mass is 9.82. The van der Waals surface area contributed by atoms with Crippen LogP contribution >= 0.6 is 0 Å². The van der Waals surface area contributed by atoms with Gasteiger partial charge in [0.25, 0.3) is 23.6 Å². The molecule has 0 bridgehead atoms. The van der Waals surface area contributed by atoms with Crippen LogP contribution in [0.5, 0.6) is 0 Å². The molecule has 0 aromatic heterocycles. The number of fused-ring (bicyclic) bond motifs is 2. The molecule has 0 atom stereocenters. The smallest absolute Gasteiger partial charge is 0.265 e. The van der Waals surface area contributed by atoms with Crippen molar-refractivity contribution in [1.29, 1.82) is 0 Å². The first kappa shape index (κ1) is 30.2. The number of hydrogen-bond acceptors (Lipinski definition) is 4. The minimum absolute atomic E-state index is 0.333. The van der Waals surface area contributed by atoms with Crippen molar-refractivity contribution in [3.05, 3.63) is 129 Å². The molecular weight excluding hydrogens is 620 g/mol. The van der Waals surface area contributed by atoms with E-state index in [1.54, 1.807) is 0 Å². The SMILES string of the molecule is CCc1ccc(CC)c(N2C(=O)c3ccc4c5ccc6c7c(ccc(c8ccc(c3c48)C2=O)c75)C(=O)N(c2cc(CC)ccc2CC)C6=O)c1. The number of anilines is 2. The molecule has 4 amide bonds. The number of aryl methyl sites for hydroxylation is 4. The van der Waals surface area contributed by atoms with E-state index in [4.69, 9.17) is 0 Å². The molecule has 9 rings (SSSR count). The number of rotatable bonds is 6. The molecule has 50 heavy (non-hydrogen) atoms. The molecule has 2 heterocycles. The zero-order valence-electron chi connectivity index (χ0n) is 28.4. The molecule has 0 fully saturated rings. The van der Waals surface area contributed by atoms with Crippen LogP contribution < -0.4 is 9.80 Å².